The monoisotopic (exact) mass is 207 g/mol. The van der Waals surface area contributed by atoms with E-state index in [9.17, 15) is 0 Å². The Morgan fingerprint density at radius 1 is 1.43 bits per heavy atom. The van der Waals surface area contributed by atoms with E-state index in [2.05, 4.69) is 24.1 Å². The van der Waals surface area contributed by atoms with E-state index < -0.39 is 0 Å². The SMILES string of the molecule is C=C=CCN(CC)c1ccc(Cl)cc1. The Bertz CT molecular complexity index is 323. The molecule has 0 saturated carbocycles. The fraction of sp³-hybridized carbons (Fsp3) is 0.250. The van der Waals surface area contributed by atoms with Crippen LogP contribution in [0.2, 0.25) is 5.02 Å². The van der Waals surface area contributed by atoms with E-state index in [1.165, 1.54) is 5.69 Å². The molecule has 0 aliphatic heterocycles. The summed E-state index contributed by atoms with van der Waals surface area (Å²) in [7, 11) is 0. The van der Waals surface area contributed by atoms with Crippen molar-refractivity contribution in [3.63, 3.8) is 0 Å². The lowest BCUT2D eigenvalue weighted by atomic mass is 10.3. The van der Waals surface area contributed by atoms with Gasteiger partial charge in [0.25, 0.3) is 0 Å². The zero-order valence-electron chi connectivity index (χ0n) is 8.33. The molecule has 0 unspecified atom stereocenters. The molecule has 0 radical (unpaired) electrons. The maximum atomic E-state index is 5.82. The molecule has 1 aromatic rings. The van der Waals surface area contributed by atoms with Crippen LogP contribution in [0.3, 0.4) is 0 Å². The Morgan fingerprint density at radius 2 is 2.07 bits per heavy atom. The average Bonchev–Trinajstić information content (AvgIpc) is 2.21. The van der Waals surface area contributed by atoms with Crippen molar-refractivity contribution in [3.05, 3.63) is 47.7 Å². The van der Waals surface area contributed by atoms with Crippen LogP contribution in [0.25, 0.3) is 0 Å². The molecule has 0 aliphatic rings. The van der Waals surface area contributed by atoms with Crippen LogP contribution in [-0.2, 0) is 0 Å². The first-order chi connectivity index (χ1) is 6.77. The Kier molecular flexibility index (Phi) is 4.31. The van der Waals surface area contributed by atoms with E-state index in [0.717, 1.165) is 18.1 Å². The van der Waals surface area contributed by atoms with Crippen molar-refractivity contribution in [1.82, 2.24) is 0 Å². The third-order valence-electron chi connectivity index (χ3n) is 2.03. The summed E-state index contributed by atoms with van der Waals surface area (Å²) < 4.78 is 0. The van der Waals surface area contributed by atoms with Crippen LogP contribution >= 0.6 is 11.6 Å². The molecule has 0 bridgehead atoms. The van der Waals surface area contributed by atoms with Gasteiger partial charge in [-0.05, 0) is 37.3 Å². The van der Waals surface area contributed by atoms with Crippen molar-refractivity contribution in [2.75, 3.05) is 18.0 Å². The van der Waals surface area contributed by atoms with Gasteiger partial charge < -0.3 is 4.90 Å². The number of nitrogens with zero attached hydrogens (tertiary/aromatic N) is 1. The van der Waals surface area contributed by atoms with Gasteiger partial charge in [-0.25, -0.2) is 0 Å². The minimum absolute atomic E-state index is 0.768. The maximum absolute atomic E-state index is 5.82. The van der Waals surface area contributed by atoms with E-state index in [1.807, 2.05) is 30.3 Å². The summed E-state index contributed by atoms with van der Waals surface area (Å²) in [5.41, 5.74) is 3.94. The van der Waals surface area contributed by atoms with Gasteiger partial charge in [0.05, 0.1) is 0 Å². The summed E-state index contributed by atoms with van der Waals surface area (Å²) in [4.78, 5) is 2.22. The molecule has 0 spiro atoms. The van der Waals surface area contributed by atoms with Crippen molar-refractivity contribution < 1.29 is 0 Å². The smallest absolute Gasteiger partial charge is 0.0433 e. The van der Waals surface area contributed by atoms with Crippen LogP contribution in [0.5, 0.6) is 0 Å². The molecular formula is C12H14ClN. The van der Waals surface area contributed by atoms with Crippen molar-refractivity contribution in [1.29, 1.82) is 0 Å². The second-order valence-electron chi connectivity index (χ2n) is 2.92. The largest absolute Gasteiger partial charge is 0.367 e. The highest BCUT2D eigenvalue weighted by Crippen LogP contribution is 2.17. The van der Waals surface area contributed by atoms with Gasteiger partial charge in [-0.3, -0.25) is 0 Å². The summed E-state index contributed by atoms with van der Waals surface area (Å²) >= 11 is 5.82. The van der Waals surface area contributed by atoms with Crippen LogP contribution in [0.1, 0.15) is 6.92 Å². The standard InChI is InChI=1S/C12H14ClN/c1-3-5-10-14(4-2)12-8-6-11(13)7-9-12/h5-9H,1,4,10H2,2H3. The van der Waals surface area contributed by atoms with Crippen LogP contribution in [0.15, 0.2) is 42.7 Å². The quantitative estimate of drug-likeness (QED) is 0.683. The summed E-state index contributed by atoms with van der Waals surface area (Å²) in [6.45, 7) is 7.46. The van der Waals surface area contributed by atoms with Crippen LogP contribution in [0, 0.1) is 0 Å². The van der Waals surface area contributed by atoms with Crippen LogP contribution in [0.4, 0.5) is 5.69 Å². The predicted octanol–water partition coefficient (Wildman–Crippen LogP) is 3.51. The Morgan fingerprint density at radius 3 is 2.57 bits per heavy atom. The van der Waals surface area contributed by atoms with Gasteiger partial charge in [0.2, 0.25) is 0 Å². The highest BCUT2D eigenvalue weighted by Gasteiger charge is 2.00. The van der Waals surface area contributed by atoms with Gasteiger partial charge in [-0.15, -0.1) is 5.73 Å². The van der Waals surface area contributed by atoms with Gasteiger partial charge >= 0.3 is 0 Å². The topological polar surface area (TPSA) is 3.24 Å². The third-order valence-corrected chi connectivity index (χ3v) is 2.28. The minimum Gasteiger partial charge on any atom is -0.367 e. The number of halogens is 1. The first-order valence-corrected chi connectivity index (χ1v) is 5.00. The molecule has 0 aliphatic carbocycles. The van der Waals surface area contributed by atoms with Gasteiger partial charge in [-0.1, -0.05) is 18.2 Å². The highest BCUT2D eigenvalue weighted by molar-refractivity contribution is 6.30. The molecule has 0 heterocycles. The van der Waals surface area contributed by atoms with E-state index in [0.29, 0.717) is 0 Å². The van der Waals surface area contributed by atoms with Crippen molar-refractivity contribution in [2.45, 2.75) is 6.92 Å². The Balaban J connectivity index is 2.78. The predicted molar refractivity (Wildman–Crippen MR) is 63.0 cm³/mol. The summed E-state index contributed by atoms with van der Waals surface area (Å²) in [5.74, 6) is 0. The number of hydrogen-bond acceptors (Lipinski definition) is 1. The molecule has 0 fully saturated rings. The molecule has 1 rings (SSSR count). The molecule has 0 aromatic heterocycles. The molecule has 74 valence electrons. The summed E-state index contributed by atoms with van der Waals surface area (Å²) in [6.07, 6.45) is 1.91. The number of benzene rings is 1. The van der Waals surface area contributed by atoms with Crippen LogP contribution < -0.4 is 4.90 Å². The molecule has 1 aromatic carbocycles. The Labute approximate surface area is 90.3 Å². The molecule has 2 heteroatoms. The minimum atomic E-state index is 0.768. The van der Waals surface area contributed by atoms with E-state index in [-0.39, 0.29) is 0 Å². The Hall–Kier alpha value is -1.17. The number of anilines is 1. The van der Waals surface area contributed by atoms with E-state index in [1.54, 1.807) is 0 Å². The fourth-order valence-electron chi connectivity index (χ4n) is 1.24. The molecule has 0 N–H and O–H groups in total. The number of rotatable bonds is 4. The lowest BCUT2D eigenvalue weighted by molar-refractivity contribution is 0.906. The van der Waals surface area contributed by atoms with Gasteiger partial charge in [-0.2, -0.15) is 0 Å². The van der Waals surface area contributed by atoms with E-state index in [4.69, 9.17) is 11.6 Å². The molecule has 0 amide bonds. The zero-order valence-corrected chi connectivity index (χ0v) is 9.09. The number of hydrogen-bond donors (Lipinski definition) is 0. The first-order valence-electron chi connectivity index (χ1n) is 4.62. The van der Waals surface area contributed by atoms with Crippen molar-refractivity contribution in [2.24, 2.45) is 0 Å². The molecular weight excluding hydrogens is 194 g/mol. The van der Waals surface area contributed by atoms with Crippen LogP contribution in [-0.4, -0.2) is 13.1 Å². The molecule has 1 nitrogen and oxygen atoms in total. The van der Waals surface area contributed by atoms with Gasteiger partial charge in [0.1, 0.15) is 0 Å². The molecule has 0 saturated heterocycles. The third kappa shape index (κ3) is 2.95. The van der Waals surface area contributed by atoms with E-state index >= 15 is 0 Å². The lowest BCUT2D eigenvalue weighted by Crippen LogP contribution is -2.22. The number of likely N-dealkylation sites (N-methyl/N-ethyl adjacent to an activating group) is 1. The van der Waals surface area contributed by atoms with Crippen molar-refractivity contribution in [3.8, 4) is 0 Å². The van der Waals surface area contributed by atoms with Gasteiger partial charge in [0, 0.05) is 23.8 Å². The maximum Gasteiger partial charge on any atom is 0.0433 e. The second kappa shape index (κ2) is 5.54. The van der Waals surface area contributed by atoms with Crippen molar-refractivity contribution >= 4 is 17.3 Å². The lowest BCUT2D eigenvalue weighted by Gasteiger charge is -2.20. The second-order valence-corrected chi connectivity index (χ2v) is 3.36. The summed E-state index contributed by atoms with van der Waals surface area (Å²) in [6, 6.07) is 7.83. The fourth-order valence-corrected chi connectivity index (χ4v) is 1.37. The molecule has 0 atom stereocenters. The molecule has 14 heavy (non-hydrogen) atoms. The normalized spacial score (nSPS) is 9.29. The first kappa shape index (κ1) is 10.9. The average molecular weight is 208 g/mol. The van der Waals surface area contributed by atoms with Gasteiger partial charge in [0.15, 0.2) is 0 Å². The zero-order chi connectivity index (χ0) is 10.4. The summed E-state index contributed by atoms with van der Waals surface area (Å²) in [5, 5.41) is 0.768. The highest BCUT2D eigenvalue weighted by atomic mass is 35.5.